The first-order valence-electron chi connectivity index (χ1n) is 15.5. The number of carbonyl (C=O) groups excluding carboxylic acids is 1. The highest BCUT2D eigenvalue weighted by Crippen LogP contribution is 2.46. The molecule has 48 heavy (non-hydrogen) atoms. The number of nitrogens with zero attached hydrogens (tertiary/aromatic N) is 2. The van der Waals surface area contributed by atoms with Crippen molar-refractivity contribution in [3.05, 3.63) is 137 Å². The second-order valence-electron chi connectivity index (χ2n) is 11.2. The molecule has 1 aromatic heterocycles. The molecule has 0 spiro atoms. The second-order valence-corrected chi connectivity index (χ2v) is 11.2. The van der Waals surface area contributed by atoms with Gasteiger partial charge in [0.25, 0.3) is 0 Å². The summed E-state index contributed by atoms with van der Waals surface area (Å²) in [6.45, 7) is 0.0571. The number of anilines is 1. The van der Waals surface area contributed by atoms with Gasteiger partial charge in [-0.1, -0.05) is 97.1 Å². The van der Waals surface area contributed by atoms with E-state index < -0.39 is 17.8 Å². The molecule has 0 aliphatic carbocycles. The number of amides is 1. The highest BCUT2D eigenvalue weighted by molar-refractivity contribution is 5.98. The van der Waals surface area contributed by atoms with Crippen LogP contribution in [0.3, 0.4) is 0 Å². The summed E-state index contributed by atoms with van der Waals surface area (Å²) >= 11 is 0. The molecule has 10 nitrogen and oxygen atoms in total. The maximum Gasteiger partial charge on any atom is 0.411 e. The Morgan fingerprint density at radius 3 is 1.94 bits per heavy atom. The summed E-state index contributed by atoms with van der Waals surface area (Å²) in [6.07, 6.45) is -0.484. The van der Waals surface area contributed by atoms with Crippen LogP contribution >= 0.6 is 0 Å². The normalized spacial score (nSPS) is 12.0. The fraction of sp³-hybridized carbons (Fsp3) is 0.184. The molecule has 5 aromatic rings. The van der Waals surface area contributed by atoms with Crippen LogP contribution in [0.2, 0.25) is 0 Å². The van der Waals surface area contributed by atoms with Crippen molar-refractivity contribution in [3.8, 4) is 28.6 Å². The van der Waals surface area contributed by atoms with Crippen molar-refractivity contribution in [2.45, 2.75) is 32.7 Å². The van der Waals surface area contributed by atoms with E-state index in [0.717, 1.165) is 22.3 Å². The zero-order valence-corrected chi connectivity index (χ0v) is 26.0. The van der Waals surface area contributed by atoms with Gasteiger partial charge in [0.05, 0.1) is 5.69 Å². The van der Waals surface area contributed by atoms with Crippen molar-refractivity contribution in [1.29, 1.82) is 0 Å². The number of carboxylic acid groups (broad SMARTS) is 1. The predicted octanol–water partition coefficient (Wildman–Crippen LogP) is 6.54. The number of aliphatic hydroxyl groups is 1. The Labute approximate surface area is 277 Å². The minimum Gasteiger partial charge on any atom is -0.503 e. The number of aromatic nitrogens is 1. The van der Waals surface area contributed by atoms with Crippen molar-refractivity contribution in [3.63, 3.8) is 0 Å². The minimum absolute atomic E-state index is 0.0101. The summed E-state index contributed by atoms with van der Waals surface area (Å²) in [4.78, 5) is 31.7. The van der Waals surface area contributed by atoms with Crippen LogP contribution in [0.15, 0.2) is 103 Å². The number of aliphatic hydroxyl groups excluding tert-OH is 1. The molecule has 1 aliphatic heterocycles. The number of carbonyl (C=O) groups is 2. The number of fused-ring (bicyclic) bond motifs is 1. The summed E-state index contributed by atoms with van der Waals surface area (Å²) in [6, 6.07) is 31.1. The number of rotatable bonds is 12. The van der Waals surface area contributed by atoms with Crippen LogP contribution in [0, 0.1) is 0 Å². The number of pyridine rings is 1. The van der Waals surface area contributed by atoms with E-state index in [0.29, 0.717) is 23.2 Å². The van der Waals surface area contributed by atoms with Gasteiger partial charge in [-0.3, -0.25) is 4.90 Å². The van der Waals surface area contributed by atoms with Gasteiger partial charge in [-0.05, 0) is 46.7 Å². The smallest absolute Gasteiger partial charge is 0.411 e. The molecule has 0 saturated heterocycles. The number of benzene rings is 4. The Kier molecular flexibility index (Phi) is 9.83. The molecule has 2 heterocycles. The third-order valence-corrected chi connectivity index (χ3v) is 8.09. The van der Waals surface area contributed by atoms with E-state index in [4.69, 9.17) is 19.2 Å². The molecular formula is C38H34N2O8. The molecule has 0 saturated carbocycles. The lowest BCUT2D eigenvalue weighted by Crippen LogP contribution is -2.26. The van der Waals surface area contributed by atoms with E-state index in [9.17, 15) is 24.9 Å². The second kappa shape index (κ2) is 14.7. The predicted molar refractivity (Wildman–Crippen MR) is 178 cm³/mol. The lowest BCUT2D eigenvalue weighted by atomic mass is 9.93. The maximum absolute atomic E-state index is 13.9. The summed E-state index contributed by atoms with van der Waals surface area (Å²) in [7, 11) is 0. The molecule has 0 bridgehead atoms. The maximum atomic E-state index is 13.9. The van der Waals surface area contributed by atoms with Crippen molar-refractivity contribution >= 4 is 17.7 Å². The fourth-order valence-electron chi connectivity index (χ4n) is 5.77. The summed E-state index contributed by atoms with van der Waals surface area (Å²) in [5.74, 6) is -1.51. The highest BCUT2D eigenvalue weighted by Gasteiger charge is 2.33. The summed E-state index contributed by atoms with van der Waals surface area (Å²) < 4.78 is 18.1. The van der Waals surface area contributed by atoms with E-state index in [-0.39, 0.29) is 62.3 Å². The van der Waals surface area contributed by atoms with Crippen molar-refractivity contribution in [1.82, 2.24) is 4.98 Å². The Morgan fingerprint density at radius 1 is 0.771 bits per heavy atom. The van der Waals surface area contributed by atoms with Crippen LogP contribution < -0.4 is 14.4 Å². The van der Waals surface area contributed by atoms with Gasteiger partial charge in [-0.2, -0.15) is 0 Å². The first-order valence-corrected chi connectivity index (χ1v) is 15.5. The molecule has 1 amide bonds. The van der Waals surface area contributed by atoms with Gasteiger partial charge in [0.1, 0.15) is 25.5 Å². The Hall–Kier alpha value is -5.87. The van der Waals surface area contributed by atoms with E-state index in [1.54, 1.807) is 12.1 Å². The minimum atomic E-state index is -1.08. The number of aromatic hydroxyl groups is 1. The van der Waals surface area contributed by atoms with Gasteiger partial charge >= 0.3 is 12.1 Å². The molecule has 0 atom stereocenters. The molecule has 0 unspecified atom stereocenters. The van der Waals surface area contributed by atoms with Crippen LogP contribution in [0.1, 0.15) is 38.2 Å². The number of esters is 1. The van der Waals surface area contributed by atoms with E-state index in [1.165, 1.54) is 4.90 Å². The van der Waals surface area contributed by atoms with Gasteiger partial charge in [0.15, 0.2) is 17.1 Å². The monoisotopic (exact) mass is 646 g/mol. The van der Waals surface area contributed by atoms with Crippen LogP contribution in [0.25, 0.3) is 11.3 Å². The van der Waals surface area contributed by atoms with Crippen molar-refractivity contribution < 1.29 is 39.1 Å². The molecule has 6 rings (SSSR count). The van der Waals surface area contributed by atoms with Crippen LogP contribution in [0.4, 0.5) is 10.5 Å². The lowest BCUT2D eigenvalue weighted by molar-refractivity contribution is 0.0459. The van der Waals surface area contributed by atoms with Gasteiger partial charge < -0.3 is 29.5 Å². The fourth-order valence-corrected chi connectivity index (χ4v) is 5.77. The first-order chi connectivity index (χ1) is 23.4. The average molecular weight is 647 g/mol. The van der Waals surface area contributed by atoms with E-state index in [2.05, 4.69) is 0 Å². The molecular weight excluding hydrogens is 612 g/mol. The summed E-state index contributed by atoms with van der Waals surface area (Å²) in [5.41, 5.74) is 4.57. The molecule has 244 valence electrons. The number of hydrogen-bond acceptors (Lipinski definition) is 8. The largest absolute Gasteiger partial charge is 0.503 e. The quantitative estimate of drug-likeness (QED) is 0.129. The molecule has 0 radical (unpaired) electrons. The molecule has 1 aliphatic rings. The Bertz CT molecular complexity index is 1900. The van der Waals surface area contributed by atoms with Crippen LogP contribution in [-0.4, -0.2) is 45.5 Å². The average Bonchev–Trinajstić information content (AvgIpc) is 3.56. The molecule has 10 heteroatoms. The third-order valence-electron chi connectivity index (χ3n) is 8.09. The van der Waals surface area contributed by atoms with E-state index >= 15 is 0 Å². The van der Waals surface area contributed by atoms with Crippen molar-refractivity contribution in [2.75, 3.05) is 18.1 Å². The number of hydrogen-bond donors (Lipinski definition) is 3. The SMILES string of the molecule is O=C(OCc1ccccc1)c1c(OCc2ccccc2)nc(-c2ccc3c(c2CCO)CCN3C(=O)O)c(O)c1OCc1ccccc1. The van der Waals surface area contributed by atoms with Crippen LogP contribution in [-0.2, 0) is 37.4 Å². The van der Waals surface area contributed by atoms with Gasteiger partial charge in [-0.15, -0.1) is 0 Å². The Morgan fingerprint density at radius 2 is 1.35 bits per heavy atom. The van der Waals surface area contributed by atoms with E-state index in [1.807, 2.05) is 91.0 Å². The van der Waals surface area contributed by atoms with Gasteiger partial charge in [0, 0.05) is 18.7 Å². The molecule has 3 N–H and O–H groups in total. The lowest BCUT2D eigenvalue weighted by Gasteiger charge is -2.21. The topological polar surface area (TPSA) is 139 Å². The van der Waals surface area contributed by atoms with Crippen molar-refractivity contribution in [2.24, 2.45) is 0 Å². The molecule has 0 fully saturated rings. The standard InChI is InChI=1S/C38H34N2O8/c41-21-19-28-29-18-20-40(38(44)45)31(29)17-16-30(28)33-34(42)35(46-22-25-10-4-1-5-11-25)32(37(43)48-24-27-14-8-3-9-15-27)36(39-33)47-23-26-12-6-2-7-13-26/h1-17,41-42H,18-24H2,(H,44,45). The molecule has 4 aromatic carbocycles. The van der Waals surface area contributed by atoms with Crippen LogP contribution in [0.5, 0.6) is 17.4 Å². The zero-order valence-electron chi connectivity index (χ0n) is 26.0. The first kappa shape index (κ1) is 32.1. The number of ether oxygens (including phenoxy) is 3. The zero-order chi connectivity index (χ0) is 33.5. The summed E-state index contributed by atoms with van der Waals surface area (Å²) in [5, 5.41) is 31.7. The third kappa shape index (κ3) is 6.93. The Balaban J connectivity index is 1.50. The highest BCUT2D eigenvalue weighted by atomic mass is 16.5. The van der Waals surface area contributed by atoms with Gasteiger partial charge in [0.2, 0.25) is 5.88 Å². The van der Waals surface area contributed by atoms with Gasteiger partial charge in [-0.25, -0.2) is 14.6 Å².